The van der Waals surface area contributed by atoms with Crippen LogP contribution in [-0.4, -0.2) is 37.4 Å². The highest BCUT2D eigenvalue weighted by Gasteiger charge is 2.02. The molecule has 0 saturated carbocycles. The third-order valence-electron chi connectivity index (χ3n) is 2.57. The molecule has 0 unspecified atom stereocenters. The van der Waals surface area contributed by atoms with Gasteiger partial charge in [-0.1, -0.05) is 37.0 Å². The van der Waals surface area contributed by atoms with Crippen LogP contribution in [0, 0.1) is 4.77 Å². The SMILES string of the molecule is CCc1nn(C)c(=S)nc1/C=C/C=C/NN(C)C(=S)SC. The Balaban J connectivity index is 2.71. The van der Waals surface area contributed by atoms with Gasteiger partial charge in [-0.15, -0.1) is 0 Å². The van der Waals surface area contributed by atoms with Crippen molar-refractivity contribution in [3.8, 4) is 0 Å². The van der Waals surface area contributed by atoms with Gasteiger partial charge >= 0.3 is 0 Å². The Labute approximate surface area is 140 Å². The maximum absolute atomic E-state index is 5.13. The van der Waals surface area contributed by atoms with Gasteiger partial charge in [-0.3, -0.25) is 5.01 Å². The van der Waals surface area contributed by atoms with Gasteiger partial charge in [0.1, 0.15) is 0 Å². The molecular weight excluding hydrogens is 322 g/mol. The Morgan fingerprint density at radius 2 is 2.19 bits per heavy atom. The number of hydrazine groups is 1. The summed E-state index contributed by atoms with van der Waals surface area (Å²) >= 11 is 11.8. The number of aromatic nitrogens is 3. The number of thiocarbonyl (C=S) groups is 1. The van der Waals surface area contributed by atoms with Crippen LogP contribution in [0.5, 0.6) is 0 Å². The number of rotatable bonds is 5. The van der Waals surface area contributed by atoms with Gasteiger partial charge in [0, 0.05) is 20.3 Å². The zero-order chi connectivity index (χ0) is 15.8. The molecule has 1 aromatic heterocycles. The van der Waals surface area contributed by atoms with E-state index < -0.39 is 0 Å². The lowest BCUT2D eigenvalue weighted by atomic mass is 10.2. The molecule has 0 amide bonds. The minimum Gasteiger partial charge on any atom is -0.305 e. The molecule has 0 spiro atoms. The predicted molar refractivity (Wildman–Crippen MR) is 96.4 cm³/mol. The van der Waals surface area contributed by atoms with Crippen molar-refractivity contribution < 1.29 is 0 Å². The second-order valence-electron chi connectivity index (χ2n) is 4.08. The number of aryl methyl sites for hydroxylation is 2. The number of nitrogens with one attached hydrogen (secondary N) is 1. The Morgan fingerprint density at radius 1 is 1.48 bits per heavy atom. The third-order valence-corrected chi connectivity index (χ3v) is 4.32. The first kappa shape index (κ1) is 17.8. The largest absolute Gasteiger partial charge is 0.305 e. The molecular formula is C13H19N5S3. The van der Waals surface area contributed by atoms with Gasteiger partial charge in [-0.2, -0.15) is 5.10 Å². The van der Waals surface area contributed by atoms with E-state index in [-0.39, 0.29) is 0 Å². The molecule has 0 radical (unpaired) electrons. The smallest absolute Gasteiger partial charge is 0.216 e. The third kappa shape index (κ3) is 5.56. The number of hydrogen-bond acceptors (Lipinski definition) is 6. The standard InChI is InChI=1S/C13H19N5S3/c1-5-10-11(15-12(19)17(2)16-10)8-6-7-9-14-18(3)13(20)21-4/h6-9,14H,5H2,1-4H3/b8-6+,9-7+. The Kier molecular flexibility index (Phi) is 7.55. The molecule has 8 heteroatoms. The summed E-state index contributed by atoms with van der Waals surface area (Å²) in [5.41, 5.74) is 4.77. The lowest BCUT2D eigenvalue weighted by Crippen LogP contribution is -2.32. The molecule has 0 aliphatic rings. The quantitative estimate of drug-likeness (QED) is 0.502. The number of thioether (sulfide) groups is 1. The van der Waals surface area contributed by atoms with Gasteiger partial charge in [0.05, 0.1) is 11.4 Å². The zero-order valence-corrected chi connectivity index (χ0v) is 15.0. The van der Waals surface area contributed by atoms with Crippen molar-refractivity contribution in [1.29, 1.82) is 0 Å². The van der Waals surface area contributed by atoms with E-state index in [9.17, 15) is 0 Å². The van der Waals surface area contributed by atoms with Crippen LogP contribution in [0.15, 0.2) is 18.4 Å². The van der Waals surface area contributed by atoms with Crippen LogP contribution >= 0.6 is 36.2 Å². The van der Waals surface area contributed by atoms with Crippen LogP contribution in [-0.2, 0) is 13.5 Å². The molecule has 5 nitrogen and oxygen atoms in total. The highest BCUT2D eigenvalue weighted by Crippen LogP contribution is 2.05. The summed E-state index contributed by atoms with van der Waals surface area (Å²) in [5, 5.41) is 6.15. The van der Waals surface area contributed by atoms with Crippen LogP contribution in [0.25, 0.3) is 6.08 Å². The molecule has 1 heterocycles. The maximum Gasteiger partial charge on any atom is 0.216 e. The van der Waals surface area contributed by atoms with Gasteiger partial charge < -0.3 is 5.43 Å². The molecule has 0 fully saturated rings. The van der Waals surface area contributed by atoms with Crippen molar-refractivity contribution in [3.05, 3.63) is 34.5 Å². The molecule has 1 N–H and O–H groups in total. The fourth-order valence-corrected chi connectivity index (χ4v) is 1.97. The Bertz CT molecular complexity index is 606. The van der Waals surface area contributed by atoms with Gasteiger partial charge in [-0.25, -0.2) is 9.67 Å². The molecule has 0 aromatic carbocycles. The number of allylic oxidation sites excluding steroid dienone is 2. The van der Waals surface area contributed by atoms with E-state index in [1.807, 2.05) is 38.5 Å². The first-order valence-electron chi connectivity index (χ1n) is 6.34. The van der Waals surface area contributed by atoms with Gasteiger partial charge in [0.15, 0.2) is 4.32 Å². The fraction of sp³-hybridized carbons (Fsp3) is 0.385. The molecule has 1 rings (SSSR count). The van der Waals surface area contributed by atoms with Crippen molar-refractivity contribution in [1.82, 2.24) is 25.2 Å². The first-order chi connectivity index (χ1) is 9.99. The van der Waals surface area contributed by atoms with E-state index in [0.29, 0.717) is 4.77 Å². The van der Waals surface area contributed by atoms with Crippen molar-refractivity contribution in [2.75, 3.05) is 13.3 Å². The van der Waals surface area contributed by atoms with E-state index in [2.05, 4.69) is 15.5 Å². The predicted octanol–water partition coefficient (Wildman–Crippen LogP) is 2.72. The van der Waals surface area contributed by atoms with Gasteiger partial charge in [-0.05, 0) is 37.0 Å². The van der Waals surface area contributed by atoms with Crippen LogP contribution in [0.3, 0.4) is 0 Å². The number of hydrogen-bond donors (Lipinski definition) is 1. The molecule has 0 bridgehead atoms. The number of nitrogens with zero attached hydrogens (tertiary/aromatic N) is 4. The molecule has 21 heavy (non-hydrogen) atoms. The summed E-state index contributed by atoms with van der Waals surface area (Å²) < 4.78 is 2.86. The maximum atomic E-state index is 5.13. The average Bonchev–Trinajstić information content (AvgIpc) is 2.48. The summed E-state index contributed by atoms with van der Waals surface area (Å²) in [6, 6.07) is 0. The van der Waals surface area contributed by atoms with Crippen molar-refractivity contribution in [2.24, 2.45) is 7.05 Å². The normalized spacial score (nSPS) is 11.2. The topological polar surface area (TPSA) is 46.0 Å². The second kappa shape index (κ2) is 8.91. The molecule has 0 aliphatic carbocycles. The van der Waals surface area contributed by atoms with Crippen molar-refractivity contribution in [3.63, 3.8) is 0 Å². The van der Waals surface area contributed by atoms with E-state index in [0.717, 1.165) is 22.1 Å². The first-order valence-corrected chi connectivity index (χ1v) is 8.39. The Hall–Kier alpha value is -1.25. The Morgan fingerprint density at radius 3 is 2.81 bits per heavy atom. The van der Waals surface area contributed by atoms with Crippen LogP contribution in [0.1, 0.15) is 18.3 Å². The molecule has 114 valence electrons. The van der Waals surface area contributed by atoms with Crippen molar-refractivity contribution in [2.45, 2.75) is 13.3 Å². The minimum atomic E-state index is 0.471. The van der Waals surface area contributed by atoms with E-state index in [4.69, 9.17) is 24.4 Å². The molecule has 0 saturated heterocycles. The van der Waals surface area contributed by atoms with Gasteiger partial charge in [0.2, 0.25) is 4.77 Å². The van der Waals surface area contributed by atoms with Crippen LogP contribution in [0.2, 0.25) is 0 Å². The summed E-state index contributed by atoms with van der Waals surface area (Å²) in [5.74, 6) is 0. The molecule has 0 atom stereocenters. The average molecular weight is 342 g/mol. The highest BCUT2D eigenvalue weighted by atomic mass is 32.2. The van der Waals surface area contributed by atoms with Crippen LogP contribution < -0.4 is 5.43 Å². The highest BCUT2D eigenvalue weighted by molar-refractivity contribution is 8.22. The summed E-state index contributed by atoms with van der Waals surface area (Å²) in [6.45, 7) is 2.04. The second-order valence-corrected chi connectivity index (χ2v) is 5.89. The van der Waals surface area contributed by atoms with E-state index in [1.165, 1.54) is 11.8 Å². The summed E-state index contributed by atoms with van der Waals surface area (Å²) in [4.78, 5) is 4.36. The van der Waals surface area contributed by atoms with Gasteiger partial charge in [0.25, 0.3) is 0 Å². The fourth-order valence-electron chi connectivity index (χ4n) is 1.45. The minimum absolute atomic E-state index is 0.471. The molecule has 1 aromatic rings. The monoisotopic (exact) mass is 341 g/mol. The summed E-state index contributed by atoms with van der Waals surface area (Å²) in [6.07, 6.45) is 10.2. The van der Waals surface area contributed by atoms with Crippen molar-refractivity contribution >= 4 is 46.6 Å². The lowest BCUT2D eigenvalue weighted by molar-refractivity contribution is 0.449. The lowest BCUT2D eigenvalue weighted by Gasteiger charge is -2.17. The summed E-state index contributed by atoms with van der Waals surface area (Å²) in [7, 11) is 3.67. The van der Waals surface area contributed by atoms with Crippen LogP contribution in [0.4, 0.5) is 0 Å². The van der Waals surface area contributed by atoms with E-state index >= 15 is 0 Å². The zero-order valence-electron chi connectivity index (χ0n) is 12.5. The van der Waals surface area contributed by atoms with E-state index in [1.54, 1.807) is 22.9 Å². The molecule has 0 aliphatic heterocycles.